The Hall–Kier alpha value is -2.76. The largest absolute Gasteiger partial charge is 0.352 e. The van der Waals surface area contributed by atoms with Crippen LogP contribution in [0.3, 0.4) is 0 Å². The van der Waals surface area contributed by atoms with Crippen molar-refractivity contribution in [2.75, 3.05) is 13.1 Å². The van der Waals surface area contributed by atoms with E-state index >= 15 is 0 Å². The van der Waals surface area contributed by atoms with Crippen LogP contribution >= 0.6 is 0 Å². The van der Waals surface area contributed by atoms with Gasteiger partial charge in [0.25, 0.3) is 0 Å². The van der Waals surface area contributed by atoms with E-state index in [0.29, 0.717) is 18.7 Å². The lowest BCUT2D eigenvalue weighted by Gasteiger charge is -2.36. The molecule has 1 heterocycles. The van der Waals surface area contributed by atoms with E-state index in [0.717, 1.165) is 18.4 Å². The zero-order valence-corrected chi connectivity index (χ0v) is 15.8. The van der Waals surface area contributed by atoms with Gasteiger partial charge in [-0.2, -0.15) is 0 Å². The molecule has 0 aliphatic carbocycles. The highest BCUT2D eigenvalue weighted by molar-refractivity contribution is 5.90. The number of carbonyl (C=O) groups excluding carboxylic acids is 2. The normalized spacial score (nSPS) is 17.9. The second-order valence-corrected chi connectivity index (χ2v) is 7.07. The first-order valence-corrected chi connectivity index (χ1v) is 9.57. The number of amides is 2. The van der Waals surface area contributed by atoms with Crippen LogP contribution in [0.5, 0.6) is 0 Å². The van der Waals surface area contributed by atoms with E-state index in [4.69, 9.17) is 0 Å². The standard InChI is InChI=1S/C22H24F2N2O2/c1-2-3-17(15-4-8-18(23)9-5-15)14-20(27)26-13-12-25-22(28)21(26)16-6-10-19(24)11-7-16/h4-11,17,21H,2-3,12-14H2,1H3,(H,25,28). The second kappa shape index (κ2) is 8.95. The highest BCUT2D eigenvalue weighted by Crippen LogP contribution is 2.30. The molecule has 3 rings (SSSR count). The highest BCUT2D eigenvalue weighted by atomic mass is 19.1. The topological polar surface area (TPSA) is 49.4 Å². The number of halogens is 2. The minimum Gasteiger partial charge on any atom is -0.352 e. The number of piperazine rings is 1. The van der Waals surface area contributed by atoms with Gasteiger partial charge in [0.05, 0.1) is 0 Å². The number of nitrogens with zero attached hydrogens (tertiary/aromatic N) is 1. The minimum absolute atomic E-state index is 0.0445. The maximum absolute atomic E-state index is 13.3. The lowest BCUT2D eigenvalue weighted by molar-refractivity contribution is -0.143. The third-order valence-corrected chi connectivity index (χ3v) is 5.12. The van der Waals surface area contributed by atoms with E-state index in [9.17, 15) is 18.4 Å². The summed E-state index contributed by atoms with van der Waals surface area (Å²) in [6.07, 6.45) is 1.92. The Morgan fingerprint density at radius 3 is 2.32 bits per heavy atom. The average Bonchev–Trinajstić information content (AvgIpc) is 2.69. The van der Waals surface area contributed by atoms with Crippen molar-refractivity contribution in [1.29, 1.82) is 0 Å². The monoisotopic (exact) mass is 386 g/mol. The Balaban J connectivity index is 1.82. The summed E-state index contributed by atoms with van der Waals surface area (Å²) < 4.78 is 26.5. The van der Waals surface area contributed by atoms with Crippen molar-refractivity contribution in [2.45, 2.75) is 38.1 Å². The Kier molecular flexibility index (Phi) is 6.39. The van der Waals surface area contributed by atoms with Gasteiger partial charge in [0.15, 0.2) is 0 Å². The van der Waals surface area contributed by atoms with Crippen LogP contribution in [-0.2, 0) is 9.59 Å². The highest BCUT2D eigenvalue weighted by Gasteiger charge is 2.35. The average molecular weight is 386 g/mol. The fourth-order valence-electron chi connectivity index (χ4n) is 3.71. The molecule has 148 valence electrons. The van der Waals surface area contributed by atoms with Crippen molar-refractivity contribution in [3.8, 4) is 0 Å². The van der Waals surface area contributed by atoms with Gasteiger partial charge in [0.2, 0.25) is 11.8 Å². The first-order chi connectivity index (χ1) is 13.5. The van der Waals surface area contributed by atoms with Crippen LogP contribution in [0.2, 0.25) is 0 Å². The zero-order chi connectivity index (χ0) is 20.1. The molecule has 0 bridgehead atoms. The number of hydrogen-bond donors (Lipinski definition) is 1. The van der Waals surface area contributed by atoms with E-state index in [1.165, 1.54) is 36.4 Å². The van der Waals surface area contributed by atoms with Crippen LogP contribution < -0.4 is 5.32 Å². The molecule has 0 spiro atoms. The number of benzene rings is 2. The quantitative estimate of drug-likeness (QED) is 0.818. The van der Waals surface area contributed by atoms with Gasteiger partial charge in [-0.1, -0.05) is 37.6 Å². The van der Waals surface area contributed by atoms with Crippen LogP contribution in [0.25, 0.3) is 0 Å². The van der Waals surface area contributed by atoms with Gasteiger partial charge in [0.1, 0.15) is 17.7 Å². The SMILES string of the molecule is CCCC(CC(=O)N1CCNC(=O)C1c1ccc(F)cc1)c1ccc(F)cc1. The lowest BCUT2D eigenvalue weighted by Crippen LogP contribution is -2.52. The van der Waals surface area contributed by atoms with Crippen molar-refractivity contribution in [3.63, 3.8) is 0 Å². The summed E-state index contributed by atoms with van der Waals surface area (Å²) in [7, 11) is 0. The van der Waals surface area contributed by atoms with Gasteiger partial charge in [-0.25, -0.2) is 8.78 Å². The fraction of sp³-hybridized carbons (Fsp3) is 0.364. The molecule has 0 radical (unpaired) electrons. The number of carbonyl (C=O) groups is 2. The van der Waals surface area contributed by atoms with Crippen molar-refractivity contribution in [3.05, 3.63) is 71.3 Å². The minimum atomic E-state index is -0.766. The van der Waals surface area contributed by atoms with Crippen molar-refractivity contribution >= 4 is 11.8 Å². The van der Waals surface area contributed by atoms with Gasteiger partial charge < -0.3 is 10.2 Å². The van der Waals surface area contributed by atoms with E-state index in [1.54, 1.807) is 17.0 Å². The van der Waals surface area contributed by atoms with Crippen LogP contribution in [-0.4, -0.2) is 29.8 Å². The maximum Gasteiger partial charge on any atom is 0.247 e. The first-order valence-electron chi connectivity index (χ1n) is 9.57. The molecule has 28 heavy (non-hydrogen) atoms. The van der Waals surface area contributed by atoms with Gasteiger partial charge in [-0.3, -0.25) is 9.59 Å². The molecule has 1 fully saturated rings. The van der Waals surface area contributed by atoms with E-state index in [1.807, 2.05) is 6.92 Å². The van der Waals surface area contributed by atoms with Crippen molar-refractivity contribution in [2.24, 2.45) is 0 Å². The molecule has 2 aromatic rings. The predicted octanol–water partition coefficient (Wildman–Crippen LogP) is 3.94. The van der Waals surface area contributed by atoms with E-state index in [2.05, 4.69) is 5.32 Å². The summed E-state index contributed by atoms with van der Waals surface area (Å²) in [5, 5.41) is 2.78. The molecule has 0 aromatic heterocycles. The van der Waals surface area contributed by atoms with Crippen molar-refractivity contribution < 1.29 is 18.4 Å². The number of nitrogens with one attached hydrogen (secondary N) is 1. The Morgan fingerprint density at radius 1 is 1.11 bits per heavy atom. The first kappa shape index (κ1) is 20.0. The van der Waals surface area contributed by atoms with Gasteiger partial charge >= 0.3 is 0 Å². The van der Waals surface area contributed by atoms with E-state index in [-0.39, 0.29) is 30.0 Å². The molecule has 1 N–H and O–H groups in total. The number of hydrogen-bond acceptors (Lipinski definition) is 2. The van der Waals surface area contributed by atoms with Gasteiger partial charge in [-0.05, 0) is 47.7 Å². The molecule has 0 saturated carbocycles. The van der Waals surface area contributed by atoms with Gasteiger partial charge in [0, 0.05) is 19.5 Å². The molecule has 2 aromatic carbocycles. The lowest BCUT2D eigenvalue weighted by atomic mass is 9.90. The van der Waals surface area contributed by atoms with Crippen LogP contribution in [0.1, 0.15) is 49.3 Å². The Labute approximate surface area is 163 Å². The summed E-state index contributed by atoms with van der Waals surface area (Å²) in [6, 6.07) is 11.1. The molecular weight excluding hydrogens is 362 g/mol. The number of rotatable bonds is 6. The molecule has 1 aliphatic rings. The summed E-state index contributed by atoms with van der Waals surface area (Å²) in [5.74, 6) is -1.14. The Morgan fingerprint density at radius 2 is 1.71 bits per heavy atom. The summed E-state index contributed by atoms with van der Waals surface area (Å²) in [5.41, 5.74) is 1.50. The smallest absolute Gasteiger partial charge is 0.247 e. The molecule has 2 amide bonds. The molecule has 2 unspecified atom stereocenters. The molecule has 6 heteroatoms. The molecular formula is C22H24F2N2O2. The third-order valence-electron chi connectivity index (χ3n) is 5.12. The van der Waals surface area contributed by atoms with Crippen LogP contribution in [0, 0.1) is 11.6 Å². The van der Waals surface area contributed by atoms with Gasteiger partial charge in [-0.15, -0.1) is 0 Å². The zero-order valence-electron chi connectivity index (χ0n) is 15.8. The maximum atomic E-state index is 13.3. The Bertz CT molecular complexity index is 821. The molecule has 1 saturated heterocycles. The molecule has 2 atom stereocenters. The third kappa shape index (κ3) is 4.55. The van der Waals surface area contributed by atoms with Crippen LogP contribution in [0.4, 0.5) is 8.78 Å². The van der Waals surface area contributed by atoms with E-state index < -0.39 is 11.9 Å². The summed E-state index contributed by atoms with van der Waals surface area (Å²) >= 11 is 0. The molecule has 4 nitrogen and oxygen atoms in total. The fourth-order valence-corrected chi connectivity index (χ4v) is 3.71. The summed E-state index contributed by atoms with van der Waals surface area (Å²) in [6.45, 7) is 2.82. The predicted molar refractivity (Wildman–Crippen MR) is 103 cm³/mol. The summed E-state index contributed by atoms with van der Waals surface area (Å²) in [4.78, 5) is 27.2. The van der Waals surface area contributed by atoms with Crippen LogP contribution in [0.15, 0.2) is 48.5 Å². The molecule has 1 aliphatic heterocycles. The van der Waals surface area contributed by atoms with Crippen molar-refractivity contribution in [1.82, 2.24) is 10.2 Å². The second-order valence-electron chi connectivity index (χ2n) is 7.07.